The number of carbonyl (C=O) groups is 1. The highest BCUT2D eigenvalue weighted by Gasteiger charge is 2.43. The summed E-state index contributed by atoms with van der Waals surface area (Å²) in [7, 11) is 2.76. The molecule has 0 radical (unpaired) electrons. The molecule has 2 aromatic heterocycles. The average Bonchev–Trinajstić information content (AvgIpc) is 3.33. The van der Waals surface area contributed by atoms with Gasteiger partial charge < -0.3 is 14.5 Å². The monoisotopic (exact) mass is 538 g/mol. The molecule has 1 saturated heterocycles. The van der Waals surface area contributed by atoms with Crippen LogP contribution in [0, 0.1) is 17.8 Å². The summed E-state index contributed by atoms with van der Waals surface area (Å²) in [5, 5.41) is 8.61. The molecule has 8 nitrogen and oxygen atoms in total. The first-order valence-corrected chi connectivity index (χ1v) is 14.0. The third kappa shape index (κ3) is 5.60. The number of nitrogens with zero attached hydrogens (tertiary/aromatic N) is 5. The summed E-state index contributed by atoms with van der Waals surface area (Å²) in [5.74, 6) is 4.18. The largest absolute Gasteiger partial charge is 0.494 e. The van der Waals surface area contributed by atoms with E-state index in [-0.39, 0.29) is 5.91 Å². The van der Waals surface area contributed by atoms with E-state index in [0.717, 1.165) is 77.7 Å². The van der Waals surface area contributed by atoms with E-state index in [1.54, 1.807) is 18.6 Å². The van der Waals surface area contributed by atoms with Gasteiger partial charge in [0.25, 0.3) is 0 Å². The van der Waals surface area contributed by atoms with Crippen LogP contribution in [0.3, 0.4) is 0 Å². The van der Waals surface area contributed by atoms with Gasteiger partial charge in [-0.25, -0.2) is 9.97 Å². The zero-order valence-corrected chi connectivity index (χ0v) is 22.7. The van der Waals surface area contributed by atoms with Crippen LogP contribution in [0.25, 0.3) is 0 Å². The Morgan fingerprint density at radius 1 is 1.16 bits per heavy atom. The van der Waals surface area contributed by atoms with Gasteiger partial charge in [0.05, 0.1) is 48.9 Å². The van der Waals surface area contributed by atoms with Crippen LogP contribution in [0.5, 0.6) is 5.75 Å². The molecule has 1 N–H and O–H groups in total. The normalized spacial score (nSPS) is 21.2. The fraction of sp³-hybridized carbons (Fsp3) is 0.481. The summed E-state index contributed by atoms with van der Waals surface area (Å²) >= 11 is 5.91. The smallest absolute Gasteiger partial charge is 0.227 e. The minimum atomic E-state index is 0.133. The first-order valence-electron chi connectivity index (χ1n) is 13.1. The molecule has 6 rings (SSSR count). The van der Waals surface area contributed by atoms with Crippen molar-refractivity contribution in [2.75, 3.05) is 24.6 Å². The number of hydrogen-bond acceptors (Lipinski definition) is 6. The van der Waals surface area contributed by atoms with Gasteiger partial charge in [-0.3, -0.25) is 9.89 Å². The van der Waals surface area contributed by atoms with Crippen molar-refractivity contribution < 1.29 is 9.53 Å². The van der Waals surface area contributed by atoms with Crippen LogP contribution in [0.15, 0.2) is 36.8 Å². The maximum Gasteiger partial charge on any atom is 0.227 e. The number of carbonyl (C=O) groups excluding carboxylic acids is 1. The molecule has 37 heavy (non-hydrogen) atoms. The Bertz CT molecular complexity index is 1240. The predicted octanol–water partition coefficient (Wildman–Crippen LogP) is 3.76. The van der Waals surface area contributed by atoms with E-state index < -0.39 is 0 Å². The predicted molar refractivity (Wildman–Crippen MR) is 146 cm³/mol. The van der Waals surface area contributed by atoms with Crippen LogP contribution < -0.4 is 14.9 Å². The Morgan fingerprint density at radius 3 is 2.73 bits per heavy atom. The summed E-state index contributed by atoms with van der Waals surface area (Å²) in [6, 6.07) is 6.04. The molecule has 2 aliphatic heterocycles. The minimum Gasteiger partial charge on any atom is -0.494 e. The number of ether oxygens (including phenoxy) is 1. The standard InChI is InChI=1S/C27H32ClN6O2P/c28-21-13-29-27(30-14-21)33-6-3-17(4-7-33)23-9-18(23)5-8-36-22-2-1-19(25(37)11-22)10-26(35)34-15-20-12-31-32-24(20)16-34/h1-2,11-14,17-18,23H,3-10,15-16,37H2,(H,31,32)/t18-,23-/m1/s1. The van der Waals surface area contributed by atoms with Gasteiger partial charge in [0.1, 0.15) is 5.75 Å². The van der Waals surface area contributed by atoms with Gasteiger partial charge in [0.15, 0.2) is 0 Å². The molecule has 10 heteroatoms. The van der Waals surface area contributed by atoms with Crippen molar-refractivity contribution in [1.82, 2.24) is 25.1 Å². The Kier molecular flexibility index (Phi) is 7.04. The lowest BCUT2D eigenvalue weighted by Gasteiger charge is -2.32. The van der Waals surface area contributed by atoms with Crippen molar-refractivity contribution in [1.29, 1.82) is 0 Å². The third-order valence-electron chi connectivity index (χ3n) is 8.10. The van der Waals surface area contributed by atoms with Gasteiger partial charge in [-0.1, -0.05) is 17.7 Å². The SMILES string of the molecule is O=C(Cc1ccc(OCC[C@@H]2C[C@@H]2C2CCN(c3ncc(Cl)cn3)CC2)cc1P)N1Cc2cn[nH]c2C1. The molecule has 1 saturated carbocycles. The van der Waals surface area contributed by atoms with Crippen molar-refractivity contribution in [2.24, 2.45) is 17.8 Å². The Balaban J connectivity index is 0.919. The number of halogens is 1. The molecule has 1 unspecified atom stereocenters. The van der Waals surface area contributed by atoms with Crippen molar-refractivity contribution >= 4 is 38.0 Å². The molecular weight excluding hydrogens is 507 g/mol. The lowest BCUT2D eigenvalue weighted by Crippen LogP contribution is -2.35. The lowest BCUT2D eigenvalue weighted by atomic mass is 9.90. The second-order valence-corrected chi connectivity index (χ2v) is 11.5. The zero-order chi connectivity index (χ0) is 25.4. The van der Waals surface area contributed by atoms with Crippen molar-refractivity contribution in [3.05, 3.63) is 58.6 Å². The number of amides is 1. The van der Waals surface area contributed by atoms with Crippen LogP contribution >= 0.6 is 20.8 Å². The van der Waals surface area contributed by atoms with Crippen molar-refractivity contribution in [3.63, 3.8) is 0 Å². The number of piperidine rings is 1. The molecule has 1 amide bonds. The van der Waals surface area contributed by atoms with Crippen molar-refractivity contribution in [3.8, 4) is 5.75 Å². The first kappa shape index (κ1) is 24.6. The second-order valence-electron chi connectivity index (χ2n) is 10.5. The molecule has 0 bridgehead atoms. The van der Waals surface area contributed by atoms with E-state index in [4.69, 9.17) is 16.3 Å². The van der Waals surface area contributed by atoms with Gasteiger partial charge in [-0.2, -0.15) is 5.10 Å². The Morgan fingerprint density at radius 2 is 1.97 bits per heavy atom. The molecule has 2 fully saturated rings. The number of anilines is 1. The van der Waals surface area contributed by atoms with E-state index in [2.05, 4.69) is 34.3 Å². The van der Waals surface area contributed by atoms with Gasteiger partial charge in [0.2, 0.25) is 11.9 Å². The van der Waals surface area contributed by atoms with Gasteiger partial charge in [0, 0.05) is 25.2 Å². The van der Waals surface area contributed by atoms with E-state index in [0.29, 0.717) is 24.5 Å². The van der Waals surface area contributed by atoms with E-state index in [1.807, 2.05) is 23.1 Å². The van der Waals surface area contributed by atoms with Crippen molar-refractivity contribution in [2.45, 2.75) is 45.2 Å². The van der Waals surface area contributed by atoms with E-state index in [1.165, 1.54) is 19.3 Å². The van der Waals surface area contributed by atoms with Crippen LogP contribution in [-0.2, 0) is 24.3 Å². The number of aromatic amines is 1. The number of aromatic nitrogens is 4. The van der Waals surface area contributed by atoms with Crippen LogP contribution in [0.4, 0.5) is 5.95 Å². The molecule has 3 atom stereocenters. The average molecular weight is 539 g/mol. The summed E-state index contributed by atoms with van der Waals surface area (Å²) in [5.41, 5.74) is 3.17. The summed E-state index contributed by atoms with van der Waals surface area (Å²) in [4.78, 5) is 25.6. The number of fused-ring (bicyclic) bond motifs is 1. The molecule has 194 valence electrons. The molecule has 1 aliphatic carbocycles. The first-order chi connectivity index (χ1) is 18.0. The summed E-state index contributed by atoms with van der Waals surface area (Å²) in [6.07, 6.45) is 10.4. The quantitative estimate of drug-likeness (QED) is 0.439. The molecule has 0 spiro atoms. The Labute approximate surface area is 224 Å². The highest BCUT2D eigenvalue weighted by atomic mass is 35.5. The Hall–Kier alpha value is -2.70. The van der Waals surface area contributed by atoms with Gasteiger partial charge in [-0.15, -0.1) is 9.24 Å². The fourth-order valence-electron chi connectivity index (χ4n) is 5.84. The number of hydrogen-bond donors (Lipinski definition) is 1. The topological polar surface area (TPSA) is 87.2 Å². The van der Waals surface area contributed by atoms with E-state index in [9.17, 15) is 4.79 Å². The molecule has 1 aromatic carbocycles. The number of rotatable bonds is 8. The fourth-order valence-corrected chi connectivity index (χ4v) is 6.30. The zero-order valence-electron chi connectivity index (χ0n) is 20.8. The third-order valence-corrected chi connectivity index (χ3v) is 8.83. The minimum absolute atomic E-state index is 0.133. The molecule has 3 aliphatic rings. The highest BCUT2D eigenvalue weighted by molar-refractivity contribution is 7.27. The maximum absolute atomic E-state index is 12.8. The van der Waals surface area contributed by atoms with Crippen LogP contribution in [0.2, 0.25) is 5.02 Å². The second kappa shape index (κ2) is 10.6. The van der Waals surface area contributed by atoms with E-state index >= 15 is 0 Å². The summed E-state index contributed by atoms with van der Waals surface area (Å²) in [6.45, 7) is 4.01. The summed E-state index contributed by atoms with van der Waals surface area (Å²) < 4.78 is 6.09. The highest BCUT2D eigenvalue weighted by Crippen LogP contribution is 2.49. The van der Waals surface area contributed by atoms with Crippen LogP contribution in [-0.4, -0.2) is 50.7 Å². The number of H-pyrrole nitrogens is 1. The molecule has 3 aromatic rings. The molecule has 4 heterocycles. The number of benzene rings is 1. The maximum atomic E-state index is 12.8. The van der Waals surface area contributed by atoms with Gasteiger partial charge in [-0.05, 0) is 66.4 Å². The van der Waals surface area contributed by atoms with Crippen LogP contribution in [0.1, 0.15) is 42.5 Å². The molecular formula is C27H32ClN6O2P. The number of nitrogens with one attached hydrogen (secondary N) is 1. The lowest BCUT2D eigenvalue weighted by molar-refractivity contribution is -0.131. The van der Waals surface area contributed by atoms with Gasteiger partial charge >= 0.3 is 0 Å².